The van der Waals surface area contributed by atoms with Crippen LogP contribution in [0.2, 0.25) is 0 Å². The highest BCUT2D eigenvalue weighted by Crippen LogP contribution is 1.99. The van der Waals surface area contributed by atoms with Gasteiger partial charge in [0, 0.05) is 12.8 Å². The summed E-state index contributed by atoms with van der Waals surface area (Å²) in [6.45, 7) is 0. The van der Waals surface area contributed by atoms with Crippen LogP contribution in [0.25, 0.3) is 0 Å². The van der Waals surface area contributed by atoms with Crippen LogP contribution in [-0.2, 0) is 4.79 Å². The van der Waals surface area contributed by atoms with Gasteiger partial charge in [-0.15, -0.1) is 12.3 Å². The van der Waals surface area contributed by atoms with Gasteiger partial charge in [0.1, 0.15) is 6.10 Å². The number of hydrogen-bond acceptors (Lipinski definition) is 3. The standard InChI is InChI=1S/C15H18O4/c1-2-8-13(16)9-5-3-4-6-10-14(17)11-7-12-15(18)19/h1,3-5,9,13-14,16-17H,7-8,11-12H2,(H,18,19)/b4-3+,9-5+. The Bertz CT molecular complexity index is 418. The van der Waals surface area contributed by atoms with E-state index in [0.717, 1.165) is 0 Å². The Kier molecular flexibility index (Phi) is 9.93. The summed E-state index contributed by atoms with van der Waals surface area (Å²) >= 11 is 0. The highest BCUT2D eigenvalue weighted by atomic mass is 16.4. The molecule has 2 unspecified atom stereocenters. The van der Waals surface area contributed by atoms with Gasteiger partial charge in [0.05, 0.1) is 6.10 Å². The molecule has 0 aliphatic heterocycles. The first-order valence-electron chi connectivity index (χ1n) is 5.92. The Balaban J connectivity index is 3.89. The monoisotopic (exact) mass is 262 g/mol. The molecule has 0 aromatic rings. The molecule has 0 aromatic carbocycles. The average molecular weight is 262 g/mol. The molecule has 0 spiro atoms. The van der Waals surface area contributed by atoms with Crippen LogP contribution >= 0.6 is 0 Å². The lowest BCUT2D eigenvalue weighted by atomic mass is 10.1. The second-order valence-corrected chi connectivity index (χ2v) is 3.81. The normalized spacial score (nSPS) is 13.7. The maximum atomic E-state index is 10.2. The number of allylic oxidation sites excluding steroid dienone is 3. The lowest BCUT2D eigenvalue weighted by molar-refractivity contribution is -0.137. The maximum absolute atomic E-state index is 10.2. The highest BCUT2D eigenvalue weighted by molar-refractivity contribution is 5.66. The van der Waals surface area contributed by atoms with E-state index in [2.05, 4.69) is 17.8 Å². The van der Waals surface area contributed by atoms with Crippen LogP contribution < -0.4 is 0 Å². The first kappa shape index (κ1) is 17.0. The molecule has 0 saturated carbocycles. The number of carbonyl (C=O) groups is 1. The van der Waals surface area contributed by atoms with Crippen molar-refractivity contribution in [1.82, 2.24) is 0 Å². The number of carboxylic acids is 1. The summed E-state index contributed by atoms with van der Waals surface area (Å²) in [7, 11) is 0. The van der Waals surface area contributed by atoms with E-state index in [4.69, 9.17) is 11.5 Å². The van der Waals surface area contributed by atoms with Crippen LogP contribution in [0.15, 0.2) is 24.3 Å². The summed E-state index contributed by atoms with van der Waals surface area (Å²) in [6, 6.07) is 0. The van der Waals surface area contributed by atoms with Gasteiger partial charge in [-0.3, -0.25) is 4.79 Å². The number of aliphatic carboxylic acids is 1. The van der Waals surface area contributed by atoms with Gasteiger partial charge in [-0.2, -0.15) is 0 Å². The summed E-state index contributed by atoms with van der Waals surface area (Å²) in [6.07, 6.45) is 10.9. The van der Waals surface area contributed by atoms with Crippen molar-refractivity contribution in [2.45, 2.75) is 37.9 Å². The molecule has 4 nitrogen and oxygen atoms in total. The van der Waals surface area contributed by atoms with Crippen molar-refractivity contribution in [1.29, 1.82) is 0 Å². The number of hydrogen-bond donors (Lipinski definition) is 3. The number of terminal acetylenes is 1. The van der Waals surface area contributed by atoms with Crippen molar-refractivity contribution < 1.29 is 20.1 Å². The van der Waals surface area contributed by atoms with Crippen molar-refractivity contribution in [3.8, 4) is 24.2 Å². The molecule has 0 heterocycles. The van der Waals surface area contributed by atoms with Gasteiger partial charge in [0.2, 0.25) is 0 Å². The van der Waals surface area contributed by atoms with E-state index in [1.807, 2.05) is 0 Å². The predicted molar refractivity (Wildman–Crippen MR) is 73.0 cm³/mol. The lowest BCUT2D eigenvalue weighted by Gasteiger charge is -1.99. The first-order chi connectivity index (χ1) is 9.06. The molecular weight excluding hydrogens is 244 g/mol. The first-order valence-corrected chi connectivity index (χ1v) is 5.92. The van der Waals surface area contributed by atoms with Crippen LogP contribution in [0, 0.1) is 24.2 Å². The van der Waals surface area contributed by atoms with Gasteiger partial charge in [-0.1, -0.05) is 30.1 Å². The number of aliphatic hydroxyl groups excluding tert-OH is 2. The van der Waals surface area contributed by atoms with E-state index in [1.54, 1.807) is 18.2 Å². The van der Waals surface area contributed by atoms with Crippen LogP contribution in [0.5, 0.6) is 0 Å². The van der Waals surface area contributed by atoms with Gasteiger partial charge in [0.25, 0.3) is 0 Å². The maximum Gasteiger partial charge on any atom is 0.303 e. The minimum atomic E-state index is -0.879. The zero-order valence-corrected chi connectivity index (χ0v) is 10.6. The van der Waals surface area contributed by atoms with E-state index < -0.39 is 18.2 Å². The molecule has 0 radical (unpaired) electrons. The van der Waals surface area contributed by atoms with Gasteiger partial charge < -0.3 is 15.3 Å². The Morgan fingerprint density at radius 1 is 1.32 bits per heavy atom. The zero-order chi connectivity index (χ0) is 14.5. The molecule has 0 saturated heterocycles. The molecular formula is C15H18O4. The molecule has 19 heavy (non-hydrogen) atoms. The quantitative estimate of drug-likeness (QED) is 0.474. The average Bonchev–Trinajstić information content (AvgIpc) is 2.33. The minimum absolute atomic E-state index is 0.0321. The van der Waals surface area contributed by atoms with Crippen molar-refractivity contribution in [2.24, 2.45) is 0 Å². The number of carboxylic acid groups (broad SMARTS) is 1. The molecule has 0 amide bonds. The molecule has 0 rings (SSSR count). The zero-order valence-electron chi connectivity index (χ0n) is 10.6. The third kappa shape index (κ3) is 12.2. The van der Waals surface area contributed by atoms with E-state index in [1.165, 1.54) is 6.08 Å². The Morgan fingerprint density at radius 3 is 2.68 bits per heavy atom. The van der Waals surface area contributed by atoms with Crippen LogP contribution in [0.4, 0.5) is 0 Å². The van der Waals surface area contributed by atoms with Crippen molar-refractivity contribution in [3.63, 3.8) is 0 Å². The molecule has 0 aliphatic rings. The summed E-state index contributed by atoms with van der Waals surface area (Å²) in [5.41, 5.74) is 0. The predicted octanol–water partition coefficient (Wildman–Crippen LogP) is 1.10. The summed E-state index contributed by atoms with van der Waals surface area (Å²) < 4.78 is 0. The van der Waals surface area contributed by atoms with Crippen LogP contribution in [-0.4, -0.2) is 33.5 Å². The Morgan fingerprint density at radius 2 is 2.05 bits per heavy atom. The van der Waals surface area contributed by atoms with Gasteiger partial charge >= 0.3 is 5.97 Å². The number of aliphatic hydroxyl groups is 2. The van der Waals surface area contributed by atoms with Gasteiger partial charge in [-0.05, 0) is 18.9 Å². The van der Waals surface area contributed by atoms with Crippen molar-refractivity contribution >= 4 is 5.97 Å². The van der Waals surface area contributed by atoms with Gasteiger partial charge in [-0.25, -0.2) is 0 Å². The molecule has 4 heteroatoms. The van der Waals surface area contributed by atoms with E-state index in [0.29, 0.717) is 12.8 Å². The fourth-order valence-corrected chi connectivity index (χ4v) is 1.15. The smallest absolute Gasteiger partial charge is 0.303 e. The second kappa shape index (κ2) is 11.1. The van der Waals surface area contributed by atoms with Crippen LogP contribution in [0.1, 0.15) is 25.7 Å². The SMILES string of the molecule is C#CCC(O)/C=C/C=C/C#CC(O)CCCC(=O)O. The van der Waals surface area contributed by atoms with Crippen molar-refractivity contribution in [3.05, 3.63) is 24.3 Å². The second-order valence-electron chi connectivity index (χ2n) is 3.81. The molecule has 0 fully saturated rings. The lowest BCUT2D eigenvalue weighted by Crippen LogP contribution is -2.04. The topological polar surface area (TPSA) is 77.8 Å². The number of rotatable bonds is 7. The minimum Gasteiger partial charge on any atom is -0.481 e. The fourth-order valence-electron chi connectivity index (χ4n) is 1.15. The van der Waals surface area contributed by atoms with Crippen molar-refractivity contribution in [2.75, 3.05) is 0 Å². The Hall–Kier alpha value is -2.01. The molecule has 0 aliphatic carbocycles. The third-order valence-electron chi connectivity index (χ3n) is 2.07. The fraction of sp³-hybridized carbons (Fsp3) is 0.400. The van der Waals surface area contributed by atoms with E-state index in [-0.39, 0.29) is 12.8 Å². The summed E-state index contributed by atoms with van der Waals surface area (Å²) in [5.74, 6) is 6.65. The highest BCUT2D eigenvalue weighted by Gasteiger charge is 2.01. The third-order valence-corrected chi connectivity index (χ3v) is 2.07. The van der Waals surface area contributed by atoms with E-state index >= 15 is 0 Å². The van der Waals surface area contributed by atoms with E-state index in [9.17, 15) is 15.0 Å². The summed E-state index contributed by atoms with van der Waals surface area (Å²) in [5, 5.41) is 27.1. The summed E-state index contributed by atoms with van der Waals surface area (Å²) in [4.78, 5) is 10.2. The van der Waals surface area contributed by atoms with Crippen LogP contribution in [0.3, 0.4) is 0 Å². The Labute approximate surface area is 113 Å². The molecule has 0 bridgehead atoms. The molecule has 2 atom stereocenters. The molecule has 3 N–H and O–H groups in total. The molecule has 102 valence electrons. The largest absolute Gasteiger partial charge is 0.481 e. The molecule has 0 aromatic heterocycles. The van der Waals surface area contributed by atoms with Gasteiger partial charge in [0.15, 0.2) is 0 Å².